The molecule has 0 aliphatic carbocycles. The quantitative estimate of drug-likeness (QED) is 0.661. The molecule has 0 saturated carbocycles. The standard InChI is InChI=1S/C14H18N2O4/c17-14(18)8-3-11-2-1-9-15(10-11)12-4-6-13(7-5-12)16(19)20/h4-7,11H,1-3,8-10H2,(H,17,18). The fraction of sp³-hybridized carbons (Fsp3) is 0.500. The van der Waals surface area contributed by atoms with Gasteiger partial charge < -0.3 is 10.0 Å². The zero-order chi connectivity index (χ0) is 14.5. The van der Waals surface area contributed by atoms with Crippen LogP contribution in [0.4, 0.5) is 11.4 Å². The maximum absolute atomic E-state index is 10.6. The lowest BCUT2D eigenvalue weighted by Crippen LogP contribution is -2.35. The number of aliphatic carboxylic acids is 1. The molecule has 1 heterocycles. The fourth-order valence-corrected chi connectivity index (χ4v) is 2.65. The number of carbonyl (C=O) groups is 1. The zero-order valence-corrected chi connectivity index (χ0v) is 11.2. The van der Waals surface area contributed by atoms with Crippen molar-refractivity contribution in [2.45, 2.75) is 25.7 Å². The van der Waals surface area contributed by atoms with E-state index in [2.05, 4.69) is 4.90 Å². The van der Waals surface area contributed by atoms with Crippen molar-refractivity contribution in [3.05, 3.63) is 34.4 Å². The van der Waals surface area contributed by atoms with Gasteiger partial charge in [-0.3, -0.25) is 14.9 Å². The van der Waals surface area contributed by atoms with Crippen LogP contribution in [-0.2, 0) is 4.79 Å². The number of nitro groups is 1. The zero-order valence-electron chi connectivity index (χ0n) is 11.2. The van der Waals surface area contributed by atoms with Crippen LogP contribution >= 0.6 is 0 Å². The molecule has 1 unspecified atom stereocenters. The van der Waals surface area contributed by atoms with E-state index < -0.39 is 10.9 Å². The van der Waals surface area contributed by atoms with Crippen LogP contribution < -0.4 is 4.90 Å². The maximum Gasteiger partial charge on any atom is 0.303 e. The lowest BCUT2D eigenvalue weighted by Gasteiger charge is -2.34. The summed E-state index contributed by atoms with van der Waals surface area (Å²) in [5.74, 6) is -0.368. The smallest absolute Gasteiger partial charge is 0.303 e. The first kappa shape index (κ1) is 14.3. The monoisotopic (exact) mass is 278 g/mol. The van der Waals surface area contributed by atoms with Crippen LogP contribution in [0.5, 0.6) is 0 Å². The van der Waals surface area contributed by atoms with Crippen LogP contribution in [0.3, 0.4) is 0 Å². The molecule has 1 aliphatic rings. The number of non-ortho nitro benzene ring substituents is 1. The largest absolute Gasteiger partial charge is 0.481 e. The highest BCUT2D eigenvalue weighted by atomic mass is 16.6. The number of nitro benzene ring substituents is 1. The summed E-state index contributed by atoms with van der Waals surface area (Å²) in [4.78, 5) is 23.0. The second-order valence-electron chi connectivity index (χ2n) is 5.16. The Morgan fingerprint density at radius 2 is 2.10 bits per heavy atom. The molecule has 6 heteroatoms. The van der Waals surface area contributed by atoms with Gasteiger partial charge in [0.05, 0.1) is 4.92 Å². The molecule has 0 amide bonds. The molecule has 0 bridgehead atoms. The molecule has 1 aliphatic heterocycles. The predicted octanol–water partition coefficient (Wildman–Crippen LogP) is 2.68. The Balaban J connectivity index is 1.97. The van der Waals surface area contributed by atoms with Gasteiger partial charge in [0.1, 0.15) is 0 Å². The van der Waals surface area contributed by atoms with Gasteiger partial charge in [0.25, 0.3) is 5.69 Å². The normalized spacial score (nSPS) is 18.8. The highest BCUT2D eigenvalue weighted by Crippen LogP contribution is 2.27. The Kier molecular flexibility index (Phi) is 4.55. The van der Waals surface area contributed by atoms with Gasteiger partial charge in [-0.05, 0) is 37.3 Å². The van der Waals surface area contributed by atoms with Crippen molar-refractivity contribution in [1.82, 2.24) is 0 Å². The SMILES string of the molecule is O=C(O)CCC1CCCN(c2ccc([N+](=O)[O-])cc2)C1. The van der Waals surface area contributed by atoms with Crippen LogP contribution in [0.25, 0.3) is 0 Å². The highest BCUT2D eigenvalue weighted by Gasteiger charge is 2.21. The minimum Gasteiger partial charge on any atom is -0.481 e. The van der Waals surface area contributed by atoms with Crippen LogP contribution in [0.15, 0.2) is 24.3 Å². The van der Waals surface area contributed by atoms with Crippen molar-refractivity contribution in [2.24, 2.45) is 5.92 Å². The molecule has 1 N–H and O–H groups in total. The lowest BCUT2D eigenvalue weighted by atomic mass is 9.93. The number of hydrogen-bond donors (Lipinski definition) is 1. The summed E-state index contributed by atoms with van der Waals surface area (Å²) in [5, 5.41) is 19.4. The van der Waals surface area contributed by atoms with E-state index >= 15 is 0 Å². The molecular weight excluding hydrogens is 260 g/mol. The molecule has 1 aromatic rings. The molecule has 0 spiro atoms. The second kappa shape index (κ2) is 6.36. The number of carboxylic acid groups (broad SMARTS) is 1. The maximum atomic E-state index is 10.6. The van der Waals surface area contributed by atoms with E-state index in [4.69, 9.17) is 5.11 Å². The van der Waals surface area contributed by atoms with Crippen LogP contribution in [0, 0.1) is 16.0 Å². The van der Waals surface area contributed by atoms with Gasteiger partial charge >= 0.3 is 5.97 Å². The first-order chi connectivity index (χ1) is 9.56. The first-order valence-corrected chi connectivity index (χ1v) is 6.77. The van der Waals surface area contributed by atoms with E-state index in [0.29, 0.717) is 12.3 Å². The van der Waals surface area contributed by atoms with Crippen molar-refractivity contribution in [1.29, 1.82) is 0 Å². The van der Waals surface area contributed by atoms with Crippen LogP contribution in [0.1, 0.15) is 25.7 Å². The van der Waals surface area contributed by atoms with E-state index in [1.807, 2.05) is 0 Å². The molecule has 0 aromatic heterocycles. The Bertz CT molecular complexity index is 486. The van der Waals surface area contributed by atoms with E-state index in [-0.39, 0.29) is 12.1 Å². The number of nitrogens with zero attached hydrogens (tertiary/aromatic N) is 2. The average molecular weight is 278 g/mol. The molecular formula is C14H18N2O4. The molecule has 2 rings (SSSR count). The van der Waals surface area contributed by atoms with Crippen LogP contribution in [-0.4, -0.2) is 29.1 Å². The third-order valence-electron chi connectivity index (χ3n) is 3.71. The van der Waals surface area contributed by atoms with Gasteiger partial charge in [-0.15, -0.1) is 0 Å². The van der Waals surface area contributed by atoms with Crippen molar-refractivity contribution in [3.8, 4) is 0 Å². The van der Waals surface area contributed by atoms with Gasteiger partial charge in [0.15, 0.2) is 0 Å². The number of anilines is 1. The Hall–Kier alpha value is -2.11. The number of benzene rings is 1. The number of rotatable bonds is 5. The van der Waals surface area contributed by atoms with Gasteiger partial charge in [-0.1, -0.05) is 0 Å². The topological polar surface area (TPSA) is 83.7 Å². The number of piperidine rings is 1. The van der Waals surface area contributed by atoms with Gasteiger partial charge in [0.2, 0.25) is 0 Å². The lowest BCUT2D eigenvalue weighted by molar-refractivity contribution is -0.384. The summed E-state index contributed by atoms with van der Waals surface area (Å²) in [5.41, 5.74) is 1.06. The first-order valence-electron chi connectivity index (χ1n) is 6.77. The molecule has 20 heavy (non-hydrogen) atoms. The Labute approximate surface area is 117 Å². The second-order valence-corrected chi connectivity index (χ2v) is 5.16. The van der Waals surface area contributed by atoms with E-state index in [9.17, 15) is 14.9 Å². The third-order valence-corrected chi connectivity index (χ3v) is 3.71. The van der Waals surface area contributed by atoms with E-state index in [0.717, 1.165) is 31.6 Å². The summed E-state index contributed by atoms with van der Waals surface area (Å²) >= 11 is 0. The number of hydrogen-bond acceptors (Lipinski definition) is 4. The van der Waals surface area contributed by atoms with Crippen LogP contribution in [0.2, 0.25) is 0 Å². The van der Waals surface area contributed by atoms with E-state index in [1.165, 1.54) is 12.1 Å². The summed E-state index contributed by atoms with van der Waals surface area (Å²) < 4.78 is 0. The average Bonchev–Trinajstić information content (AvgIpc) is 2.45. The minimum absolute atomic E-state index is 0.0909. The minimum atomic E-state index is -0.752. The summed E-state index contributed by atoms with van der Waals surface area (Å²) in [6, 6.07) is 6.54. The Morgan fingerprint density at radius 1 is 1.40 bits per heavy atom. The molecule has 1 saturated heterocycles. The molecule has 1 aromatic carbocycles. The number of carboxylic acids is 1. The molecule has 1 fully saturated rings. The van der Waals surface area contributed by atoms with Gasteiger partial charge in [0, 0.05) is 37.3 Å². The molecule has 1 atom stereocenters. The summed E-state index contributed by atoms with van der Waals surface area (Å²) in [6.45, 7) is 1.74. The molecule has 0 radical (unpaired) electrons. The van der Waals surface area contributed by atoms with Crippen molar-refractivity contribution >= 4 is 17.3 Å². The van der Waals surface area contributed by atoms with Crippen molar-refractivity contribution in [2.75, 3.05) is 18.0 Å². The Morgan fingerprint density at radius 3 is 2.70 bits per heavy atom. The summed E-state index contributed by atoms with van der Waals surface area (Å²) in [6.07, 6.45) is 2.98. The fourth-order valence-electron chi connectivity index (χ4n) is 2.65. The highest BCUT2D eigenvalue weighted by molar-refractivity contribution is 5.66. The van der Waals surface area contributed by atoms with Gasteiger partial charge in [-0.2, -0.15) is 0 Å². The summed E-state index contributed by atoms with van der Waals surface area (Å²) in [7, 11) is 0. The van der Waals surface area contributed by atoms with E-state index in [1.54, 1.807) is 12.1 Å². The van der Waals surface area contributed by atoms with Gasteiger partial charge in [-0.25, -0.2) is 0 Å². The third kappa shape index (κ3) is 3.69. The molecule has 6 nitrogen and oxygen atoms in total. The molecule has 108 valence electrons. The van der Waals surface area contributed by atoms with Crippen molar-refractivity contribution in [3.63, 3.8) is 0 Å². The predicted molar refractivity (Wildman–Crippen MR) is 74.9 cm³/mol. The van der Waals surface area contributed by atoms with Crippen molar-refractivity contribution < 1.29 is 14.8 Å².